The van der Waals surface area contributed by atoms with Crippen LogP contribution in [-0.4, -0.2) is 21.3 Å². The highest BCUT2D eigenvalue weighted by Gasteiger charge is 2.17. The monoisotopic (exact) mass is 250 g/mol. The van der Waals surface area contributed by atoms with Crippen LogP contribution >= 0.6 is 0 Å². The second-order valence-corrected chi connectivity index (χ2v) is 3.95. The van der Waals surface area contributed by atoms with Crippen molar-refractivity contribution < 1.29 is 18.7 Å². The normalized spacial score (nSPS) is 12.3. The number of hydrogen-bond acceptors (Lipinski definition) is 4. The fraction of sp³-hybridized carbons (Fsp3) is 0.250. The standard InChI is InChI=1S/C12H11FN2O3/c1-7(6-10(16)17)11-14-15-12(18-11)8-2-4-9(13)5-3-8/h2-5,7H,6H2,1H3,(H,16,17). The summed E-state index contributed by atoms with van der Waals surface area (Å²) in [5.41, 5.74) is 0.595. The van der Waals surface area contributed by atoms with Crippen molar-refractivity contribution in [3.63, 3.8) is 0 Å². The van der Waals surface area contributed by atoms with Gasteiger partial charge < -0.3 is 9.52 Å². The van der Waals surface area contributed by atoms with E-state index in [9.17, 15) is 9.18 Å². The number of aliphatic carboxylic acids is 1. The zero-order valence-electron chi connectivity index (χ0n) is 9.63. The van der Waals surface area contributed by atoms with E-state index in [1.807, 2.05) is 0 Å². The van der Waals surface area contributed by atoms with Gasteiger partial charge in [-0.15, -0.1) is 10.2 Å². The first-order valence-corrected chi connectivity index (χ1v) is 5.37. The van der Waals surface area contributed by atoms with E-state index in [0.29, 0.717) is 5.56 Å². The van der Waals surface area contributed by atoms with E-state index in [1.165, 1.54) is 24.3 Å². The molecule has 0 aliphatic carbocycles. The molecule has 94 valence electrons. The molecule has 1 unspecified atom stereocenters. The molecule has 0 aliphatic heterocycles. The molecule has 2 rings (SSSR count). The van der Waals surface area contributed by atoms with Crippen LogP contribution in [0.3, 0.4) is 0 Å². The van der Waals surface area contributed by atoms with Crippen molar-refractivity contribution in [3.05, 3.63) is 36.0 Å². The second kappa shape index (κ2) is 4.95. The maximum absolute atomic E-state index is 12.7. The molecular weight excluding hydrogens is 239 g/mol. The first-order valence-electron chi connectivity index (χ1n) is 5.37. The lowest BCUT2D eigenvalue weighted by Crippen LogP contribution is -2.02. The van der Waals surface area contributed by atoms with Crippen LogP contribution in [0.5, 0.6) is 0 Å². The molecule has 0 fully saturated rings. The zero-order chi connectivity index (χ0) is 13.1. The minimum absolute atomic E-state index is 0.0783. The van der Waals surface area contributed by atoms with Gasteiger partial charge in [0.25, 0.3) is 0 Å². The van der Waals surface area contributed by atoms with E-state index in [0.717, 1.165) is 0 Å². The first-order chi connectivity index (χ1) is 8.56. The Labute approximate surface area is 102 Å². The van der Waals surface area contributed by atoms with Crippen molar-refractivity contribution in [2.24, 2.45) is 0 Å². The number of rotatable bonds is 4. The molecule has 18 heavy (non-hydrogen) atoms. The number of carbonyl (C=O) groups is 1. The van der Waals surface area contributed by atoms with Crippen molar-refractivity contribution in [1.82, 2.24) is 10.2 Å². The molecule has 1 aromatic heterocycles. The Morgan fingerprint density at radius 1 is 1.39 bits per heavy atom. The summed E-state index contributed by atoms with van der Waals surface area (Å²) in [4.78, 5) is 10.6. The van der Waals surface area contributed by atoms with Crippen molar-refractivity contribution in [2.75, 3.05) is 0 Å². The van der Waals surface area contributed by atoms with Crippen LogP contribution in [0.2, 0.25) is 0 Å². The Kier molecular flexibility index (Phi) is 3.36. The van der Waals surface area contributed by atoms with E-state index in [1.54, 1.807) is 6.92 Å². The Bertz CT molecular complexity index is 551. The summed E-state index contributed by atoms with van der Waals surface area (Å²) >= 11 is 0. The molecular formula is C12H11FN2O3. The smallest absolute Gasteiger partial charge is 0.304 e. The Morgan fingerprint density at radius 2 is 2.06 bits per heavy atom. The van der Waals surface area contributed by atoms with Gasteiger partial charge >= 0.3 is 5.97 Å². The molecule has 5 nitrogen and oxygen atoms in total. The maximum atomic E-state index is 12.7. The summed E-state index contributed by atoms with van der Waals surface area (Å²) in [7, 11) is 0. The molecule has 0 saturated heterocycles. The quantitative estimate of drug-likeness (QED) is 0.901. The van der Waals surface area contributed by atoms with Gasteiger partial charge in [0, 0.05) is 11.5 Å². The summed E-state index contributed by atoms with van der Waals surface area (Å²) in [6.45, 7) is 1.69. The van der Waals surface area contributed by atoms with E-state index >= 15 is 0 Å². The van der Waals surface area contributed by atoms with Crippen molar-refractivity contribution in [3.8, 4) is 11.5 Å². The topological polar surface area (TPSA) is 76.2 Å². The predicted octanol–water partition coefficient (Wildman–Crippen LogP) is 2.45. The lowest BCUT2D eigenvalue weighted by Gasteiger charge is -2.01. The molecule has 0 spiro atoms. The molecule has 0 bridgehead atoms. The van der Waals surface area contributed by atoms with Gasteiger partial charge in [-0.1, -0.05) is 6.92 Å². The van der Waals surface area contributed by atoms with Gasteiger partial charge in [-0.3, -0.25) is 4.79 Å². The highest BCUT2D eigenvalue weighted by molar-refractivity contribution is 5.67. The zero-order valence-corrected chi connectivity index (χ0v) is 9.63. The average Bonchev–Trinajstić information content (AvgIpc) is 2.78. The molecule has 1 N–H and O–H groups in total. The predicted molar refractivity (Wildman–Crippen MR) is 60.4 cm³/mol. The lowest BCUT2D eigenvalue weighted by atomic mass is 10.1. The molecule has 1 heterocycles. The van der Waals surface area contributed by atoms with Gasteiger partial charge in [0.05, 0.1) is 6.42 Å². The van der Waals surface area contributed by atoms with E-state index < -0.39 is 5.97 Å². The maximum Gasteiger partial charge on any atom is 0.304 e. The van der Waals surface area contributed by atoms with E-state index in [4.69, 9.17) is 9.52 Å². The number of carboxylic acids is 1. The fourth-order valence-electron chi connectivity index (χ4n) is 1.49. The van der Waals surface area contributed by atoms with Crippen LogP contribution in [-0.2, 0) is 4.79 Å². The van der Waals surface area contributed by atoms with Gasteiger partial charge in [-0.25, -0.2) is 4.39 Å². The third-order valence-corrected chi connectivity index (χ3v) is 2.43. The van der Waals surface area contributed by atoms with Crippen LogP contribution in [0, 0.1) is 5.82 Å². The Balaban J connectivity index is 2.19. The van der Waals surface area contributed by atoms with Gasteiger partial charge in [-0.05, 0) is 24.3 Å². The molecule has 0 amide bonds. The van der Waals surface area contributed by atoms with Crippen LogP contribution in [0.4, 0.5) is 4.39 Å². The minimum atomic E-state index is -0.927. The van der Waals surface area contributed by atoms with E-state index in [2.05, 4.69) is 10.2 Å². The number of aromatic nitrogens is 2. The summed E-state index contributed by atoms with van der Waals surface area (Å²) in [6, 6.07) is 5.63. The van der Waals surface area contributed by atoms with Gasteiger partial charge in [0.2, 0.25) is 11.8 Å². The molecule has 1 atom stereocenters. The lowest BCUT2D eigenvalue weighted by molar-refractivity contribution is -0.137. The van der Waals surface area contributed by atoms with E-state index in [-0.39, 0.29) is 29.9 Å². The number of carboxylic acid groups (broad SMARTS) is 1. The third-order valence-electron chi connectivity index (χ3n) is 2.43. The van der Waals surface area contributed by atoms with Gasteiger partial charge in [-0.2, -0.15) is 0 Å². The van der Waals surface area contributed by atoms with Crippen LogP contribution in [0.1, 0.15) is 25.2 Å². The van der Waals surface area contributed by atoms with Gasteiger partial charge in [0.15, 0.2) is 0 Å². The first kappa shape index (κ1) is 12.2. The van der Waals surface area contributed by atoms with Crippen molar-refractivity contribution in [2.45, 2.75) is 19.3 Å². The molecule has 0 radical (unpaired) electrons. The summed E-state index contributed by atoms with van der Waals surface area (Å²) in [6.07, 6.45) is -0.0783. The Hall–Kier alpha value is -2.24. The van der Waals surface area contributed by atoms with Crippen molar-refractivity contribution >= 4 is 5.97 Å². The number of hydrogen-bond donors (Lipinski definition) is 1. The number of benzene rings is 1. The molecule has 0 saturated carbocycles. The van der Waals surface area contributed by atoms with Crippen LogP contribution in [0.15, 0.2) is 28.7 Å². The average molecular weight is 250 g/mol. The molecule has 2 aromatic rings. The summed E-state index contributed by atoms with van der Waals surface area (Å²) < 4.78 is 18.1. The second-order valence-electron chi connectivity index (χ2n) is 3.95. The van der Waals surface area contributed by atoms with Crippen LogP contribution < -0.4 is 0 Å². The largest absolute Gasteiger partial charge is 0.481 e. The van der Waals surface area contributed by atoms with Gasteiger partial charge in [0.1, 0.15) is 5.82 Å². The Morgan fingerprint density at radius 3 is 2.67 bits per heavy atom. The fourth-order valence-corrected chi connectivity index (χ4v) is 1.49. The molecule has 0 aliphatic rings. The number of nitrogens with zero attached hydrogens (tertiary/aromatic N) is 2. The highest BCUT2D eigenvalue weighted by Crippen LogP contribution is 2.23. The summed E-state index contributed by atoms with van der Waals surface area (Å²) in [5, 5.41) is 16.3. The molecule has 6 heteroatoms. The van der Waals surface area contributed by atoms with Crippen molar-refractivity contribution in [1.29, 1.82) is 0 Å². The highest BCUT2D eigenvalue weighted by atomic mass is 19.1. The third kappa shape index (κ3) is 2.71. The minimum Gasteiger partial charge on any atom is -0.481 e. The van der Waals surface area contributed by atoms with Crippen LogP contribution in [0.25, 0.3) is 11.5 Å². The molecule has 1 aromatic carbocycles. The number of halogens is 1. The SMILES string of the molecule is CC(CC(=O)O)c1nnc(-c2ccc(F)cc2)o1. The summed E-state index contributed by atoms with van der Waals surface area (Å²) in [5.74, 6) is -1.12.